The number of para-hydroxylation sites is 1. The van der Waals surface area contributed by atoms with E-state index < -0.39 is 0 Å². The van der Waals surface area contributed by atoms with E-state index in [0.29, 0.717) is 44.0 Å². The fourth-order valence-corrected chi connectivity index (χ4v) is 4.10. The van der Waals surface area contributed by atoms with Gasteiger partial charge in [0, 0.05) is 38.1 Å². The van der Waals surface area contributed by atoms with Crippen LogP contribution in [0.2, 0.25) is 0 Å². The van der Waals surface area contributed by atoms with Crippen LogP contribution in [0, 0.1) is 0 Å². The number of hydrogen-bond donors (Lipinski definition) is 0. The Hall–Kier alpha value is -2.55. The first-order valence-corrected chi connectivity index (χ1v) is 11.3. The number of amides is 2. The molecule has 3 heterocycles. The number of aromatic nitrogens is 1. The molecule has 2 aliphatic rings. The lowest BCUT2D eigenvalue weighted by Crippen LogP contribution is -2.47. The van der Waals surface area contributed by atoms with Crippen LogP contribution >= 0.6 is 0 Å². The molecule has 0 unspecified atom stereocenters. The van der Waals surface area contributed by atoms with Crippen LogP contribution in [0.4, 0.5) is 0 Å². The summed E-state index contributed by atoms with van der Waals surface area (Å²) >= 11 is 0. The highest BCUT2D eigenvalue weighted by Crippen LogP contribution is 2.27. The average molecular weight is 441 g/mol. The van der Waals surface area contributed by atoms with Crippen molar-refractivity contribution < 1.29 is 19.1 Å². The predicted octanol–water partition coefficient (Wildman–Crippen LogP) is 1.95. The Labute approximate surface area is 189 Å². The van der Waals surface area contributed by atoms with Gasteiger partial charge in [-0.2, -0.15) is 0 Å². The highest BCUT2D eigenvalue weighted by molar-refractivity contribution is 6.06. The molecule has 0 radical (unpaired) electrons. The summed E-state index contributed by atoms with van der Waals surface area (Å²) in [6.07, 6.45) is -0.378. The van der Waals surface area contributed by atoms with Crippen molar-refractivity contribution in [2.45, 2.75) is 26.1 Å². The zero-order valence-electron chi connectivity index (χ0n) is 19.1. The molecule has 1 aromatic heterocycles. The number of carbonyl (C=O) groups excluding carboxylic acids is 2. The molecule has 2 aliphatic heterocycles. The number of morpholine rings is 1. The van der Waals surface area contributed by atoms with E-state index in [9.17, 15) is 9.59 Å². The van der Waals surface area contributed by atoms with Crippen LogP contribution in [0.3, 0.4) is 0 Å². The number of ether oxygens (including phenoxy) is 2. The first-order valence-electron chi connectivity index (χ1n) is 11.3. The molecule has 1 atom stereocenters. The first kappa shape index (κ1) is 22.6. The molecule has 0 bridgehead atoms. The van der Waals surface area contributed by atoms with Gasteiger partial charge in [0.1, 0.15) is 12.7 Å². The van der Waals surface area contributed by atoms with Gasteiger partial charge in [-0.25, -0.2) is 4.98 Å². The Bertz CT molecular complexity index is 972. The highest BCUT2D eigenvalue weighted by atomic mass is 16.5. The molecule has 4 rings (SSSR count). The largest absolute Gasteiger partial charge is 0.369 e. The van der Waals surface area contributed by atoms with Crippen molar-refractivity contribution >= 4 is 22.7 Å². The van der Waals surface area contributed by atoms with E-state index in [2.05, 4.69) is 11.9 Å². The van der Waals surface area contributed by atoms with Crippen molar-refractivity contribution in [1.29, 1.82) is 0 Å². The summed E-state index contributed by atoms with van der Waals surface area (Å²) in [6.45, 7) is 8.37. The normalized spacial score (nSPS) is 20.2. The average Bonchev–Trinajstić information content (AvgIpc) is 2.82. The van der Waals surface area contributed by atoms with E-state index >= 15 is 0 Å². The summed E-state index contributed by atoms with van der Waals surface area (Å²) in [5.41, 5.74) is 2.09. The topological polar surface area (TPSA) is 75.2 Å². The van der Waals surface area contributed by atoms with Crippen LogP contribution in [0.1, 0.15) is 36.0 Å². The smallest absolute Gasteiger partial charge is 0.254 e. The molecule has 0 saturated carbocycles. The molecule has 2 saturated heterocycles. The summed E-state index contributed by atoms with van der Waals surface area (Å²) in [4.78, 5) is 36.7. The molecule has 32 heavy (non-hydrogen) atoms. The lowest BCUT2D eigenvalue weighted by Gasteiger charge is -2.34. The Morgan fingerprint density at radius 2 is 1.88 bits per heavy atom. The Morgan fingerprint density at radius 3 is 2.62 bits per heavy atom. The van der Waals surface area contributed by atoms with E-state index in [4.69, 9.17) is 14.5 Å². The fourth-order valence-electron chi connectivity index (χ4n) is 4.10. The molecule has 0 spiro atoms. The van der Waals surface area contributed by atoms with Crippen LogP contribution in [-0.2, 0) is 14.3 Å². The Balaban J connectivity index is 1.59. The van der Waals surface area contributed by atoms with E-state index in [1.54, 1.807) is 4.90 Å². The number of likely N-dealkylation sites (N-methyl/N-ethyl adjacent to an activating group) is 1. The highest BCUT2D eigenvalue weighted by Gasteiger charge is 2.29. The molecule has 0 N–H and O–H groups in total. The maximum absolute atomic E-state index is 13.4. The fraction of sp³-hybridized carbons (Fsp3) is 0.542. The second kappa shape index (κ2) is 9.94. The standard InChI is InChI=1S/C24H32N4O4/c1-17(2)32-16-23(29)28-12-13-31-22(15-28)21-14-19(18-6-4-5-7-20(18)25-21)24(30)27-10-8-26(3)9-11-27/h4-7,14,17,22H,8-13,15-16H2,1-3H3/t22-/m1/s1. The molecule has 8 heteroatoms. The van der Waals surface area contributed by atoms with Crippen molar-refractivity contribution in [3.8, 4) is 0 Å². The lowest BCUT2D eigenvalue weighted by atomic mass is 10.0. The van der Waals surface area contributed by atoms with Crippen LogP contribution < -0.4 is 0 Å². The molecule has 2 aromatic rings. The number of nitrogens with zero attached hydrogens (tertiary/aromatic N) is 4. The number of carbonyl (C=O) groups is 2. The molecule has 1 aromatic carbocycles. The molecule has 172 valence electrons. The monoisotopic (exact) mass is 440 g/mol. The minimum Gasteiger partial charge on any atom is -0.369 e. The molecular weight excluding hydrogens is 408 g/mol. The van der Waals surface area contributed by atoms with Gasteiger partial charge in [0.05, 0.1) is 36.0 Å². The zero-order chi connectivity index (χ0) is 22.7. The quantitative estimate of drug-likeness (QED) is 0.708. The third-order valence-corrected chi connectivity index (χ3v) is 6.05. The minimum absolute atomic E-state index is 0.00101. The minimum atomic E-state index is -0.379. The van der Waals surface area contributed by atoms with Crippen molar-refractivity contribution in [1.82, 2.24) is 19.7 Å². The van der Waals surface area contributed by atoms with Gasteiger partial charge < -0.3 is 24.2 Å². The lowest BCUT2D eigenvalue weighted by molar-refractivity contribution is -0.145. The third-order valence-electron chi connectivity index (χ3n) is 6.05. The molecule has 2 fully saturated rings. The van der Waals surface area contributed by atoms with Gasteiger partial charge in [0.2, 0.25) is 5.91 Å². The predicted molar refractivity (Wildman–Crippen MR) is 122 cm³/mol. The van der Waals surface area contributed by atoms with E-state index in [0.717, 1.165) is 24.0 Å². The number of pyridine rings is 1. The van der Waals surface area contributed by atoms with Gasteiger partial charge in [0.15, 0.2) is 0 Å². The van der Waals surface area contributed by atoms with Crippen molar-refractivity contribution in [2.75, 3.05) is 59.5 Å². The van der Waals surface area contributed by atoms with Crippen LogP contribution in [-0.4, -0.2) is 97.1 Å². The van der Waals surface area contributed by atoms with Crippen molar-refractivity contribution in [3.63, 3.8) is 0 Å². The van der Waals surface area contributed by atoms with Crippen LogP contribution in [0.25, 0.3) is 10.9 Å². The number of hydrogen-bond acceptors (Lipinski definition) is 6. The van der Waals surface area contributed by atoms with Gasteiger partial charge in [-0.3, -0.25) is 9.59 Å². The maximum Gasteiger partial charge on any atom is 0.254 e. The third kappa shape index (κ3) is 5.09. The Morgan fingerprint density at radius 1 is 1.12 bits per heavy atom. The van der Waals surface area contributed by atoms with Crippen LogP contribution in [0.5, 0.6) is 0 Å². The summed E-state index contributed by atoms with van der Waals surface area (Å²) < 4.78 is 11.5. The Kier molecular flexibility index (Phi) is 7.03. The summed E-state index contributed by atoms with van der Waals surface area (Å²) in [5, 5.41) is 0.842. The summed E-state index contributed by atoms with van der Waals surface area (Å²) in [5.74, 6) is -0.0337. The number of rotatable bonds is 5. The molecule has 8 nitrogen and oxygen atoms in total. The van der Waals surface area contributed by atoms with E-state index in [1.165, 1.54) is 0 Å². The molecular formula is C24H32N4O4. The van der Waals surface area contributed by atoms with Gasteiger partial charge in [-0.1, -0.05) is 18.2 Å². The van der Waals surface area contributed by atoms with Gasteiger partial charge >= 0.3 is 0 Å². The van der Waals surface area contributed by atoms with E-state index in [-0.39, 0.29) is 30.6 Å². The number of benzene rings is 1. The summed E-state index contributed by atoms with van der Waals surface area (Å²) in [7, 11) is 2.07. The van der Waals surface area contributed by atoms with Crippen LogP contribution in [0.15, 0.2) is 30.3 Å². The maximum atomic E-state index is 13.4. The van der Waals surface area contributed by atoms with Crippen molar-refractivity contribution in [3.05, 3.63) is 41.6 Å². The van der Waals surface area contributed by atoms with Gasteiger partial charge in [-0.05, 0) is 33.0 Å². The first-order chi connectivity index (χ1) is 15.4. The number of piperazine rings is 1. The molecule has 0 aliphatic carbocycles. The summed E-state index contributed by atoms with van der Waals surface area (Å²) in [6, 6.07) is 9.56. The van der Waals surface area contributed by atoms with E-state index in [1.807, 2.05) is 49.1 Å². The van der Waals surface area contributed by atoms with Crippen molar-refractivity contribution in [2.24, 2.45) is 0 Å². The number of fused-ring (bicyclic) bond motifs is 1. The molecule has 2 amide bonds. The second-order valence-corrected chi connectivity index (χ2v) is 8.77. The SMILES string of the molecule is CC(C)OCC(=O)N1CCO[C@@H](c2cc(C(=O)N3CCN(C)CC3)c3ccccc3n2)C1. The van der Waals surface area contributed by atoms with Gasteiger partial charge in [-0.15, -0.1) is 0 Å². The zero-order valence-corrected chi connectivity index (χ0v) is 19.1. The van der Waals surface area contributed by atoms with Gasteiger partial charge in [0.25, 0.3) is 5.91 Å². The second-order valence-electron chi connectivity index (χ2n) is 8.77.